The molecule has 2 aromatic heterocycles. The van der Waals surface area contributed by atoms with E-state index in [1.54, 1.807) is 6.20 Å². The van der Waals surface area contributed by atoms with Crippen molar-refractivity contribution in [3.05, 3.63) is 41.2 Å². The maximum Gasteiger partial charge on any atom is 0.263 e. The molecule has 0 saturated carbocycles. The number of rotatable bonds is 5. The lowest BCUT2D eigenvalue weighted by Gasteiger charge is -2.40. The standard InChI is InChI=1S/C21H26N6O2S/c28-20(22-14-19-24-16-3-1-2-4-17(16)25-19)18-13-23-21(30-18)27-7-5-15(6-8-27)26-9-11-29-12-10-26/h1-4,13,15H,5-12,14H2,(H,22,28)(H,24,25). The molecule has 2 aliphatic heterocycles. The van der Waals surface area contributed by atoms with Crippen molar-refractivity contribution in [2.45, 2.75) is 25.4 Å². The number of morpholine rings is 1. The van der Waals surface area contributed by atoms with E-state index in [-0.39, 0.29) is 5.91 Å². The van der Waals surface area contributed by atoms with Gasteiger partial charge in [-0.05, 0) is 25.0 Å². The Labute approximate surface area is 179 Å². The van der Waals surface area contributed by atoms with E-state index in [1.165, 1.54) is 11.3 Å². The second kappa shape index (κ2) is 8.71. The number of piperidine rings is 1. The molecule has 0 aliphatic carbocycles. The van der Waals surface area contributed by atoms with Gasteiger partial charge in [-0.25, -0.2) is 9.97 Å². The number of carbonyl (C=O) groups is 1. The van der Waals surface area contributed by atoms with Crippen molar-refractivity contribution in [3.8, 4) is 0 Å². The molecule has 3 aromatic rings. The van der Waals surface area contributed by atoms with Crippen LogP contribution in [0.25, 0.3) is 11.0 Å². The molecule has 2 aliphatic rings. The first-order chi connectivity index (χ1) is 14.8. The lowest BCUT2D eigenvalue weighted by atomic mass is 10.0. The normalized spacial score (nSPS) is 18.7. The largest absolute Gasteiger partial charge is 0.379 e. The minimum Gasteiger partial charge on any atom is -0.379 e. The van der Waals surface area contributed by atoms with Gasteiger partial charge in [0.2, 0.25) is 0 Å². The molecule has 9 heteroatoms. The van der Waals surface area contributed by atoms with E-state index in [4.69, 9.17) is 4.74 Å². The first-order valence-electron chi connectivity index (χ1n) is 10.5. The van der Waals surface area contributed by atoms with Crippen molar-refractivity contribution in [3.63, 3.8) is 0 Å². The summed E-state index contributed by atoms with van der Waals surface area (Å²) in [5, 5.41) is 3.88. The Morgan fingerprint density at radius 1 is 1.20 bits per heavy atom. The zero-order chi connectivity index (χ0) is 20.3. The molecule has 0 radical (unpaired) electrons. The number of para-hydroxylation sites is 2. The van der Waals surface area contributed by atoms with E-state index < -0.39 is 0 Å². The van der Waals surface area contributed by atoms with Crippen LogP contribution in [-0.4, -0.2) is 71.2 Å². The molecule has 0 spiro atoms. The van der Waals surface area contributed by atoms with Crippen LogP contribution in [-0.2, 0) is 11.3 Å². The molecular formula is C21H26N6O2S. The fourth-order valence-electron chi connectivity index (χ4n) is 4.22. The highest BCUT2D eigenvalue weighted by Crippen LogP contribution is 2.27. The highest BCUT2D eigenvalue weighted by molar-refractivity contribution is 7.17. The first kappa shape index (κ1) is 19.5. The van der Waals surface area contributed by atoms with Gasteiger partial charge in [0.25, 0.3) is 5.91 Å². The molecule has 2 saturated heterocycles. The zero-order valence-corrected chi connectivity index (χ0v) is 17.7. The number of thiazole rings is 1. The van der Waals surface area contributed by atoms with Crippen molar-refractivity contribution < 1.29 is 9.53 Å². The van der Waals surface area contributed by atoms with Gasteiger partial charge in [-0.2, -0.15) is 0 Å². The molecule has 0 atom stereocenters. The highest BCUT2D eigenvalue weighted by atomic mass is 32.1. The molecule has 0 unspecified atom stereocenters. The fraction of sp³-hybridized carbons (Fsp3) is 0.476. The number of fused-ring (bicyclic) bond motifs is 1. The molecular weight excluding hydrogens is 400 g/mol. The van der Waals surface area contributed by atoms with Gasteiger partial charge in [0, 0.05) is 32.2 Å². The van der Waals surface area contributed by atoms with Gasteiger partial charge in [-0.3, -0.25) is 9.69 Å². The molecule has 5 rings (SSSR count). The third kappa shape index (κ3) is 4.19. The number of aromatic amines is 1. The predicted molar refractivity (Wildman–Crippen MR) is 117 cm³/mol. The SMILES string of the molecule is O=C(NCc1nc2ccccc2[nH]1)c1cnc(N2CCC(N3CCOCC3)CC2)s1. The van der Waals surface area contributed by atoms with Crippen LogP contribution in [0.5, 0.6) is 0 Å². The number of imidazole rings is 1. The summed E-state index contributed by atoms with van der Waals surface area (Å²) in [7, 11) is 0. The number of ether oxygens (including phenoxy) is 1. The summed E-state index contributed by atoms with van der Waals surface area (Å²) >= 11 is 1.46. The molecule has 4 heterocycles. The highest BCUT2D eigenvalue weighted by Gasteiger charge is 2.27. The molecule has 1 aromatic carbocycles. The molecule has 30 heavy (non-hydrogen) atoms. The van der Waals surface area contributed by atoms with Crippen molar-refractivity contribution in [2.75, 3.05) is 44.3 Å². The second-order valence-corrected chi connectivity index (χ2v) is 8.77. The monoisotopic (exact) mass is 426 g/mol. The van der Waals surface area contributed by atoms with E-state index in [9.17, 15) is 4.79 Å². The van der Waals surface area contributed by atoms with Crippen molar-refractivity contribution >= 4 is 33.4 Å². The van der Waals surface area contributed by atoms with Crippen LogP contribution in [0.4, 0.5) is 5.13 Å². The Morgan fingerprint density at radius 2 is 2.00 bits per heavy atom. The Balaban J connectivity index is 1.14. The van der Waals surface area contributed by atoms with Gasteiger partial charge in [-0.15, -0.1) is 0 Å². The smallest absolute Gasteiger partial charge is 0.263 e. The maximum absolute atomic E-state index is 12.6. The van der Waals surface area contributed by atoms with Crippen molar-refractivity contribution in [2.24, 2.45) is 0 Å². The van der Waals surface area contributed by atoms with Crippen LogP contribution in [0.3, 0.4) is 0 Å². The fourth-order valence-corrected chi connectivity index (χ4v) is 5.11. The number of amides is 1. The third-order valence-electron chi connectivity index (χ3n) is 5.87. The Bertz CT molecular complexity index is 971. The summed E-state index contributed by atoms with van der Waals surface area (Å²) in [5.74, 6) is 0.641. The minimum absolute atomic E-state index is 0.109. The summed E-state index contributed by atoms with van der Waals surface area (Å²) in [4.78, 5) is 30.3. The van der Waals surface area contributed by atoms with Crippen LogP contribution in [0.2, 0.25) is 0 Å². The third-order valence-corrected chi connectivity index (χ3v) is 6.93. The number of aromatic nitrogens is 3. The molecule has 158 valence electrons. The second-order valence-electron chi connectivity index (χ2n) is 7.76. The zero-order valence-electron chi connectivity index (χ0n) is 16.8. The van der Waals surface area contributed by atoms with Crippen LogP contribution in [0, 0.1) is 0 Å². The van der Waals surface area contributed by atoms with Gasteiger partial charge in [0.15, 0.2) is 5.13 Å². The average Bonchev–Trinajstić information content (AvgIpc) is 3.45. The molecule has 2 N–H and O–H groups in total. The quantitative estimate of drug-likeness (QED) is 0.651. The maximum atomic E-state index is 12.6. The molecule has 8 nitrogen and oxygen atoms in total. The van der Waals surface area contributed by atoms with E-state index in [0.717, 1.165) is 74.2 Å². The van der Waals surface area contributed by atoms with Crippen LogP contribution >= 0.6 is 11.3 Å². The van der Waals surface area contributed by atoms with Crippen molar-refractivity contribution in [1.82, 2.24) is 25.2 Å². The van der Waals surface area contributed by atoms with E-state index >= 15 is 0 Å². The van der Waals surface area contributed by atoms with Crippen LogP contribution in [0.15, 0.2) is 30.5 Å². The summed E-state index contributed by atoms with van der Waals surface area (Å²) in [6, 6.07) is 8.48. The molecule has 2 fully saturated rings. The lowest BCUT2D eigenvalue weighted by Crippen LogP contribution is -2.49. The van der Waals surface area contributed by atoms with Gasteiger partial charge in [0.1, 0.15) is 10.7 Å². The lowest BCUT2D eigenvalue weighted by molar-refractivity contribution is 0.0115. The van der Waals surface area contributed by atoms with Gasteiger partial charge in [0.05, 0.1) is 37.0 Å². The Kier molecular flexibility index (Phi) is 5.65. The summed E-state index contributed by atoms with van der Waals surface area (Å²) < 4.78 is 5.47. The number of H-pyrrole nitrogens is 1. The topological polar surface area (TPSA) is 86.4 Å². The summed E-state index contributed by atoms with van der Waals surface area (Å²) in [5.41, 5.74) is 1.88. The van der Waals surface area contributed by atoms with E-state index in [2.05, 4.69) is 30.1 Å². The molecule has 0 bridgehead atoms. The number of nitrogens with zero attached hydrogens (tertiary/aromatic N) is 4. The Morgan fingerprint density at radius 3 is 2.80 bits per heavy atom. The number of hydrogen-bond donors (Lipinski definition) is 2. The number of anilines is 1. The van der Waals surface area contributed by atoms with E-state index in [0.29, 0.717) is 17.5 Å². The van der Waals surface area contributed by atoms with Crippen LogP contribution < -0.4 is 10.2 Å². The number of carbonyl (C=O) groups excluding carboxylic acids is 1. The van der Waals surface area contributed by atoms with E-state index in [1.807, 2.05) is 24.3 Å². The summed E-state index contributed by atoms with van der Waals surface area (Å²) in [6.45, 7) is 6.10. The minimum atomic E-state index is -0.109. The first-order valence-corrected chi connectivity index (χ1v) is 11.3. The van der Waals surface area contributed by atoms with Gasteiger partial charge in [-0.1, -0.05) is 23.5 Å². The average molecular weight is 427 g/mol. The summed E-state index contributed by atoms with van der Waals surface area (Å²) in [6.07, 6.45) is 3.95. The predicted octanol–water partition coefficient (Wildman–Crippen LogP) is 2.25. The molecule has 1 amide bonds. The number of benzene rings is 1. The van der Waals surface area contributed by atoms with Gasteiger partial charge >= 0.3 is 0 Å². The number of nitrogens with one attached hydrogen (secondary N) is 2. The Hall–Kier alpha value is -2.49. The van der Waals surface area contributed by atoms with Crippen LogP contribution in [0.1, 0.15) is 28.3 Å². The number of hydrogen-bond acceptors (Lipinski definition) is 7. The van der Waals surface area contributed by atoms with Gasteiger partial charge < -0.3 is 19.9 Å². The van der Waals surface area contributed by atoms with Crippen molar-refractivity contribution in [1.29, 1.82) is 0 Å².